The standard InChI is InChI=1S/C15H27N3OS/c1-5-7-12-13(10-16-6-2)20-14(17-12)18-8-9-19-15(3,4)11-18/h16H,5-11H2,1-4H3. The van der Waals surface area contributed by atoms with E-state index in [0.717, 1.165) is 50.8 Å². The number of rotatable bonds is 6. The van der Waals surface area contributed by atoms with Crippen LogP contribution in [0.15, 0.2) is 0 Å². The predicted molar refractivity (Wildman–Crippen MR) is 85.7 cm³/mol. The molecule has 5 heteroatoms. The van der Waals surface area contributed by atoms with E-state index in [1.54, 1.807) is 0 Å². The molecular formula is C15H27N3OS. The van der Waals surface area contributed by atoms with Crippen LogP contribution in [0, 0.1) is 0 Å². The molecule has 0 atom stereocenters. The van der Waals surface area contributed by atoms with Gasteiger partial charge in [-0.3, -0.25) is 0 Å². The highest BCUT2D eigenvalue weighted by atomic mass is 32.1. The zero-order valence-corrected chi connectivity index (χ0v) is 14.0. The van der Waals surface area contributed by atoms with E-state index in [2.05, 4.69) is 37.9 Å². The van der Waals surface area contributed by atoms with Gasteiger partial charge < -0.3 is 15.0 Å². The summed E-state index contributed by atoms with van der Waals surface area (Å²) in [6.45, 7) is 13.3. The Morgan fingerprint density at radius 1 is 1.40 bits per heavy atom. The van der Waals surface area contributed by atoms with Crippen molar-refractivity contribution in [3.8, 4) is 0 Å². The molecule has 0 amide bonds. The van der Waals surface area contributed by atoms with Gasteiger partial charge in [0.2, 0.25) is 0 Å². The van der Waals surface area contributed by atoms with E-state index in [0.29, 0.717) is 0 Å². The molecule has 2 heterocycles. The molecule has 0 aliphatic carbocycles. The molecule has 1 N–H and O–H groups in total. The fourth-order valence-corrected chi connectivity index (χ4v) is 3.59. The lowest BCUT2D eigenvalue weighted by Gasteiger charge is -2.38. The number of hydrogen-bond donors (Lipinski definition) is 1. The van der Waals surface area contributed by atoms with Crippen LogP contribution in [0.5, 0.6) is 0 Å². The third-order valence-corrected chi connectivity index (χ3v) is 4.64. The van der Waals surface area contributed by atoms with E-state index >= 15 is 0 Å². The molecule has 2 rings (SSSR count). The zero-order valence-electron chi connectivity index (χ0n) is 13.2. The van der Waals surface area contributed by atoms with Crippen molar-refractivity contribution in [1.82, 2.24) is 10.3 Å². The number of aryl methyl sites for hydroxylation is 1. The van der Waals surface area contributed by atoms with Crippen LogP contribution in [0.3, 0.4) is 0 Å². The van der Waals surface area contributed by atoms with Crippen LogP contribution in [0.2, 0.25) is 0 Å². The van der Waals surface area contributed by atoms with Crippen LogP contribution in [0.25, 0.3) is 0 Å². The van der Waals surface area contributed by atoms with Gasteiger partial charge in [0.1, 0.15) is 0 Å². The zero-order chi connectivity index (χ0) is 14.6. The first-order valence-corrected chi connectivity index (χ1v) is 8.45. The van der Waals surface area contributed by atoms with Gasteiger partial charge in [0.05, 0.1) is 17.9 Å². The molecule has 1 saturated heterocycles. The Hall–Kier alpha value is -0.650. The summed E-state index contributed by atoms with van der Waals surface area (Å²) in [5.74, 6) is 0. The first-order valence-electron chi connectivity index (χ1n) is 7.64. The summed E-state index contributed by atoms with van der Waals surface area (Å²) in [6, 6.07) is 0. The summed E-state index contributed by atoms with van der Waals surface area (Å²) in [5, 5.41) is 4.59. The lowest BCUT2D eigenvalue weighted by Crippen LogP contribution is -2.48. The summed E-state index contributed by atoms with van der Waals surface area (Å²) >= 11 is 1.84. The average Bonchev–Trinajstić information content (AvgIpc) is 2.79. The molecule has 1 aromatic heterocycles. The number of nitrogens with zero attached hydrogens (tertiary/aromatic N) is 2. The number of aromatic nitrogens is 1. The maximum absolute atomic E-state index is 5.79. The quantitative estimate of drug-likeness (QED) is 0.876. The van der Waals surface area contributed by atoms with E-state index in [1.165, 1.54) is 10.6 Å². The maximum Gasteiger partial charge on any atom is 0.186 e. The minimum atomic E-state index is -0.0727. The van der Waals surface area contributed by atoms with Crippen molar-refractivity contribution < 1.29 is 4.74 Å². The van der Waals surface area contributed by atoms with Crippen molar-refractivity contribution in [3.05, 3.63) is 10.6 Å². The van der Waals surface area contributed by atoms with Crippen LogP contribution >= 0.6 is 11.3 Å². The Balaban J connectivity index is 2.14. The highest BCUT2D eigenvalue weighted by Crippen LogP contribution is 2.30. The Labute approximate surface area is 126 Å². The summed E-state index contributed by atoms with van der Waals surface area (Å²) in [4.78, 5) is 8.67. The number of ether oxygens (including phenoxy) is 1. The Kier molecular flexibility index (Phi) is 5.41. The second kappa shape index (κ2) is 6.87. The molecule has 1 aromatic rings. The molecule has 0 bridgehead atoms. The molecule has 114 valence electrons. The largest absolute Gasteiger partial charge is 0.372 e. The van der Waals surface area contributed by atoms with Gasteiger partial charge in [-0.15, -0.1) is 11.3 Å². The van der Waals surface area contributed by atoms with Crippen molar-refractivity contribution >= 4 is 16.5 Å². The Bertz CT molecular complexity index is 431. The lowest BCUT2D eigenvalue weighted by molar-refractivity contribution is -0.0277. The van der Waals surface area contributed by atoms with Crippen molar-refractivity contribution in [2.45, 2.75) is 52.7 Å². The molecule has 1 aliphatic rings. The predicted octanol–water partition coefficient (Wildman–Crippen LogP) is 2.82. The normalized spacial score (nSPS) is 18.5. The summed E-state index contributed by atoms with van der Waals surface area (Å²) in [5.41, 5.74) is 1.20. The monoisotopic (exact) mass is 297 g/mol. The van der Waals surface area contributed by atoms with Gasteiger partial charge in [-0.25, -0.2) is 4.98 Å². The second-order valence-corrected chi connectivity index (χ2v) is 6.99. The molecule has 0 aromatic carbocycles. The van der Waals surface area contributed by atoms with E-state index in [9.17, 15) is 0 Å². The van der Waals surface area contributed by atoms with Gasteiger partial charge in [0.25, 0.3) is 0 Å². The number of anilines is 1. The molecule has 0 unspecified atom stereocenters. The van der Waals surface area contributed by atoms with Crippen LogP contribution < -0.4 is 10.2 Å². The minimum Gasteiger partial charge on any atom is -0.372 e. The molecule has 1 fully saturated rings. The maximum atomic E-state index is 5.79. The van der Waals surface area contributed by atoms with Gasteiger partial charge in [0, 0.05) is 24.5 Å². The van der Waals surface area contributed by atoms with Crippen LogP contribution in [0.1, 0.15) is 44.7 Å². The Morgan fingerprint density at radius 2 is 2.20 bits per heavy atom. The van der Waals surface area contributed by atoms with Gasteiger partial charge in [-0.2, -0.15) is 0 Å². The van der Waals surface area contributed by atoms with Crippen molar-refractivity contribution in [2.75, 3.05) is 31.1 Å². The van der Waals surface area contributed by atoms with E-state index in [4.69, 9.17) is 9.72 Å². The van der Waals surface area contributed by atoms with Gasteiger partial charge in [0.15, 0.2) is 5.13 Å². The topological polar surface area (TPSA) is 37.4 Å². The lowest BCUT2D eigenvalue weighted by atomic mass is 10.1. The minimum absolute atomic E-state index is 0.0727. The number of nitrogens with one attached hydrogen (secondary N) is 1. The highest BCUT2D eigenvalue weighted by Gasteiger charge is 2.29. The van der Waals surface area contributed by atoms with Crippen LogP contribution in [-0.2, 0) is 17.7 Å². The van der Waals surface area contributed by atoms with Crippen molar-refractivity contribution in [1.29, 1.82) is 0 Å². The molecule has 1 aliphatic heterocycles. The Morgan fingerprint density at radius 3 is 2.85 bits per heavy atom. The van der Waals surface area contributed by atoms with Gasteiger partial charge in [-0.1, -0.05) is 20.3 Å². The van der Waals surface area contributed by atoms with E-state index in [-0.39, 0.29) is 5.60 Å². The van der Waals surface area contributed by atoms with Crippen LogP contribution in [-0.4, -0.2) is 36.8 Å². The highest BCUT2D eigenvalue weighted by molar-refractivity contribution is 7.15. The van der Waals surface area contributed by atoms with Crippen molar-refractivity contribution in [2.24, 2.45) is 0 Å². The average molecular weight is 297 g/mol. The summed E-state index contributed by atoms with van der Waals surface area (Å²) in [6.07, 6.45) is 2.22. The molecule has 0 radical (unpaired) electrons. The number of thiazole rings is 1. The molecule has 4 nitrogen and oxygen atoms in total. The van der Waals surface area contributed by atoms with Crippen LogP contribution in [0.4, 0.5) is 5.13 Å². The SMILES string of the molecule is CCCc1nc(N2CCOC(C)(C)C2)sc1CNCC. The van der Waals surface area contributed by atoms with Gasteiger partial charge in [-0.05, 0) is 26.8 Å². The first kappa shape index (κ1) is 15.7. The van der Waals surface area contributed by atoms with Gasteiger partial charge >= 0.3 is 0 Å². The van der Waals surface area contributed by atoms with E-state index < -0.39 is 0 Å². The van der Waals surface area contributed by atoms with Crippen molar-refractivity contribution in [3.63, 3.8) is 0 Å². The summed E-state index contributed by atoms with van der Waals surface area (Å²) < 4.78 is 5.79. The molecular weight excluding hydrogens is 270 g/mol. The smallest absolute Gasteiger partial charge is 0.186 e. The molecule has 0 saturated carbocycles. The first-order chi connectivity index (χ1) is 9.55. The third kappa shape index (κ3) is 3.93. The number of hydrogen-bond acceptors (Lipinski definition) is 5. The summed E-state index contributed by atoms with van der Waals surface area (Å²) in [7, 11) is 0. The third-order valence-electron chi connectivity index (χ3n) is 3.49. The number of morpholine rings is 1. The fraction of sp³-hybridized carbons (Fsp3) is 0.800. The molecule has 0 spiro atoms. The molecule has 20 heavy (non-hydrogen) atoms. The second-order valence-electron chi connectivity index (χ2n) is 5.93. The fourth-order valence-electron chi connectivity index (χ4n) is 2.49. The van der Waals surface area contributed by atoms with E-state index in [1.807, 2.05) is 11.3 Å².